The van der Waals surface area contributed by atoms with Crippen LogP contribution < -0.4 is 4.74 Å². The molecule has 128 valence electrons. The first kappa shape index (κ1) is 15.7. The van der Waals surface area contributed by atoms with Crippen LogP contribution in [0.2, 0.25) is 0 Å². The minimum absolute atomic E-state index is 0.0483. The van der Waals surface area contributed by atoms with Gasteiger partial charge in [0.1, 0.15) is 11.4 Å². The highest BCUT2D eigenvalue weighted by molar-refractivity contribution is 5.79. The summed E-state index contributed by atoms with van der Waals surface area (Å²) in [5.41, 5.74) is 3.02. The summed E-state index contributed by atoms with van der Waals surface area (Å²) in [5, 5.41) is 0. The average Bonchev–Trinajstić information content (AvgIpc) is 2.91. The molecular formula is C20H21N3O2. The van der Waals surface area contributed by atoms with Crippen molar-refractivity contribution >= 4 is 11.6 Å². The molecule has 1 atom stereocenters. The highest BCUT2D eigenvalue weighted by Crippen LogP contribution is 2.27. The summed E-state index contributed by atoms with van der Waals surface area (Å²) in [7, 11) is 1.86. The highest BCUT2D eigenvalue weighted by atomic mass is 16.5. The molecule has 0 N–H and O–H groups in total. The van der Waals surface area contributed by atoms with Crippen LogP contribution in [0, 0.1) is 5.92 Å². The molecule has 5 nitrogen and oxygen atoms in total. The van der Waals surface area contributed by atoms with Crippen molar-refractivity contribution in [3.8, 4) is 5.75 Å². The first-order valence-electron chi connectivity index (χ1n) is 8.59. The van der Waals surface area contributed by atoms with E-state index in [1.54, 1.807) is 4.90 Å². The third-order valence-corrected chi connectivity index (χ3v) is 4.78. The molecule has 0 saturated heterocycles. The molecule has 0 bridgehead atoms. The van der Waals surface area contributed by atoms with E-state index in [4.69, 9.17) is 4.74 Å². The lowest BCUT2D eigenvalue weighted by atomic mass is 9.95. The fraction of sp³-hybridized carbons (Fsp3) is 0.300. The van der Waals surface area contributed by atoms with Gasteiger partial charge in [-0.3, -0.25) is 4.79 Å². The van der Waals surface area contributed by atoms with Gasteiger partial charge in [0, 0.05) is 19.2 Å². The normalized spacial score (nSPS) is 16.8. The molecule has 1 aromatic carbocycles. The topological polar surface area (TPSA) is 46.8 Å². The van der Waals surface area contributed by atoms with Gasteiger partial charge in [-0.15, -0.1) is 0 Å². The molecule has 3 heterocycles. The van der Waals surface area contributed by atoms with Crippen LogP contribution in [0.4, 0.5) is 0 Å². The minimum atomic E-state index is -0.0483. The molecule has 0 saturated carbocycles. The van der Waals surface area contributed by atoms with E-state index in [9.17, 15) is 4.79 Å². The van der Waals surface area contributed by atoms with E-state index in [0.29, 0.717) is 13.2 Å². The molecule has 1 amide bonds. The van der Waals surface area contributed by atoms with Crippen LogP contribution in [0.1, 0.15) is 17.7 Å². The molecule has 2 aromatic heterocycles. The van der Waals surface area contributed by atoms with Crippen molar-refractivity contribution in [2.24, 2.45) is 5.92 Å². The van der Waals surface area contributed by atoms with Crippen LogP contribution in [0.3, 0.4) is 0 Å². The zero-order valence-electron chi connectivity index (χ0n) is 14.3. The lowest BCUT2D eigenvalue weighted by molar-refractivity contribution is -0.135. The van der Waals surface area contributed by atoms with Gasteiger partial charge < -0.3 is 14.0 Å². The van der Waals surface area contributed by atoms with Gasteiger partial charge in [-0.25, -0.2) is 4.98 Å². The van der Waals surface area contributed by atoms with E-state index in [1.165, 1.54) is 0 Å². The monoisotopic (exact) mass is 335 g/mol. The van der Waals surface area contributed by atoms with Crippen LogP contribution in [-0.2, 0) is 17.8 Å². The Labute approximate surface area is 146 Å². The summed E-state index contributed by atoms with van der Waals surface area (Å²) >= 11 is 0. The van der Waals surface area contributed by atoms with Crippen molar-refractivity contribution in [1.82, 2.24) is 14.3 Å². The summed E-state index contributed by atoms with van der Waals surface area (Å²) < 4.78 is 7.81. The minimum Gasteiger partial charge on any atom is -0.493 e. The smallest absolute Gasteiger partial charge is 0.226 e. The van der Waals surface area contributed by atoms with Gasteiger partial charge in [-0.05, 0) is 36.6 Å². The van der Waals surface area contributed by atoms with Gasteiger partial charge in [-0.2, -0.15) is 0 Å². The molecule has 3 aromatic rings. The maximum Gasteiger partial charge on any atom is 0.226 e. The largest absolute Gasteiger partial charge is 0.493 e. The lowest BCUT2D eigenvalue weighted by Gasteiger charge is -2.22. The number of ether oxygens (including phenoxy) is 1. The SMILES string of the molecule is CN(Cc1cnc2ccccn12)C(=O)[C@@H]1CCOc2ccccc2C1. The number of rotatable bonds is 3. The number of imidazole rings is 1. The first-order valence-corrected chi connectivity index (χ1v) is 8.59. The van der Waals surface area contributed by atoms with Gasteiger partial charge in [0.15, 0.2) is 0 Å². The lowest BCUT2D eigenvalue weighted by Crippen LogP contribution is -2.34. The van der Waals surface area contributed by atoms with Crippen molar-refractivity contribution < 1.29 is 9.53 Å². The second-order valence-corrected chi connectivity index (χ2v) is 6.52. The molecule has 1 aliphatic heterocycles. The number of aromatic nitrogens is 2. The second kappa shape index (κ2) is 6.59. The quantitative estimate of drug-likeness (QED) is 0.739. The zero-order valence-corrected chi connectivity index (χ0v) is 14.3. The maximum atomic E-state index is 13.0. The number of carbonyl (C=O) groups excluding carboxylic acids is 1. The third kappa shape index (κ3) is 3.09. The highest BCUT2D eigenvalue weighted by Gasteiger charge is 2.26. The second-order valence-electron chi connectivity index (χ2n) is 6.52. The summed E-state index contributed by atoms with van der Waals surface area (Å²) in [6.45, 7) is 1.12. The maximum absolute atomic E-state index is 13.0. The molecule has 0 aliphatic carbocycles. The van der Waals surface area contributed by atoms with Crippen LogP contribution in [0.25, 0.3) is 5.65 Å². The molecule has 5 heteroatoms. The van der Waals surface area contributed by atoms with Crippen molar-refractivity contribution in [3.05, 3.63) is 66.1 Å². The molecule has 0 spiro atoms. The molecule has 0 fully saturated rings. The number of hydrogen-bond acceptors (Lipinski definition) is 3. The fourth-order valence-electron chi connectivity index (χ4n) is 3.44. The zero-order chi connectivity index (χ0) is 17.2. The fourth-order valence-corrected chi connectivity index (χ4v) is 3.44. The predicted molar refractivity (Wildman–Crippen MR) is 95.4 cm³/mol. The Bertz CT molecular complexity index is 903. The standard InChI is InChI=1S/C20H21N3O2/c1-22(14-17-13-21-19-8-4-5-10-23(17)19)20(24)16-9-11-25-18-7-3-2-6-15(18)12-16/h2-8,10,13,16H,9,11-12,14H2,1H3/t16-/m1/s1. The number of para-hydroxylation sites is 1. The summed E-state index contributed by atoms with van der Waals surface area (Å²) in [5.74, 6) is 1.02. The molecular weight excluding hydrogens is 314 g/mol. The van der Waals surface area contributed by atoms with Crippen LogP contribution >= 0.6 is 0 Å². The number of nitrogens with zero attached hydrogens (tertiary/aromatic N) is 3. The number of fused-ring (bicyclic) bond motifs is 2. The van der Waals surface area contributed by atoms with Crippen molar-refractivity contribution in [3.63, 3.8) is 0 Å². The third-order valence-electron chi connectivity index (χ3n) is 4.78. The summed E-state index contributed by atoms with van der Waals surface area (Å²) in [6, 6.07) is 13.9. The summed E-state index contributed by atoms with van der Waals surface area (Å²) in [4.78, 5) is 19.2. The molecule has 4 rings (SSSR count). The van der Waals surface area contributed by atoms with Gasteiger partial charge in [0.25, 0.3) is 0 Å². The van der Waals surface area contributed by atoms with Gasteiger partial charge in [0.2, 0.25) is 5.91 Å². The van der Waals surface area contributed by atoms with Crippen LogP contribution in [0.5, 0.6) is 5.75 Å². The molecule has 1 aliphatic rings. The van der Waals surface area contributed by atoms with Crippen LogP contribution in [-0.4, -0.2) is 33.8 Å². The number of pyridine rings is 1. The Morgan fingerprint density at radius 2 is 2.12 bits per heavy atom. The molecule has 25 heavy (non-hydrogen) atoms. The van der Waals surface area contributed by atoms with Crippen LogP contribution in [0.15, 0.2) is 54.9 Å². The molecule has 0 radical (unpaired) electrons. The number of carbonyl (C=O) groups is 1. The van der Waals surface area contributed by atoms with Crippen molar-refractivity contribution in [2.45, 2.75) is 19.4 Å². The van der Waals surface area contributed by atoms with Crippen molar-refractivity contribution in [1.29, 1.82) is 0 Å². The van der Waals surface area contributed by atoms with E-state index in [-0.39, 0.29) is 11.8 Å². The van der Waals surface area contributed by atoms with E-state index in [1.807, 2.05) is 66.3 Å². The van der Waals surface area contributed by atoms with E-state index in [2.05, 4.69) is 4.98 Å². The number of benzene rings is 1. The Morgan fingerprint density at radius 1 is 1.28 bits per heavy atom. The van der Waals surface area contributed by atoms with Crippen molar-refractivity contribution in [2.75, 3.05) is 13.7 Å². The van der Waals surface area contributed by atoms with Gasteiger partial charge >= 0.3 is 0 Å². The van der Waals surface area contributed by atoms with E-state index < -0.39 is 0 Å². The Morgan fingerprint density at radius 3 is 3.04 bits per heavy atom. The molecule has 0 unspecified atom stereocenters. The predicted octanol–water partition coefficient (Wildman–Crippen LogP) is 2.93. The van der Waals surface area contributed by atoms with Gasteiger partial charge in [-0.1, -0.05) is 24.3 Å². The average molecular weight is 335 g/mol. The Balaban J connectivity index is 1.50. The number of amides is 1. The Kier molecular flexibility index (Phi) is 4.14. The number of hydrogen-bond donors (Lipinski definition) is 0. The van der Waals surface area contributed by atoms with E-state index in [0.717, 1.165) is 35.5 Å². The first-order chi connectivity index (χ1) is 12.2. The Hall–Kier alpha value is -2.82. The summed E-state index contributed by atoms with van der Waals surface area (Å²) in [6.07, 6.45) is 5.29. The van der Waals surface area contributed by atoms with E-state index >= 15 is 0 Å². The van der Waals surface area contributed by atoms with Gasteiger partial charge in [0.05, 0.1) is 25.0 Å².